The number of nitrogens with zero attached hydrogens (tertiary/aromatic N) is 1. The Labute approximate surface area is 119 Å². The molecule has 0 aliphatic rings. The predicted molar refractivity (Wildman–Crippen MR) is 68.0 cm³/mol. The van der Waals surface area contributed by atoms with E-state index < -0.39 is 33.7 Å². The Morgan fingerprint density at radius 3 is 2.67 bits per heavy atom. The number of carbonyl (C=O) groups is 1. The molecule has 1 N–H and O–H groups in total. The molecule has 1 aromatic rings. The Balaban J connectivity index is 2.66. The van der Waals surface area contributed by atoms with Gasteiger partial charge >= 0.3 is 5.69 Å². The van der Waals surface area contributed by atoms with Crippen molar-refractivity contribution in [2.75, 3.05) is 33.5 Å². The number of amides is 1. The molecule has 0 aliphatic heterocycles. The van der Waals surface area contributed by atoms with Crippen molar-refractivity contribution in [3.05, 3.63) is 39.4 Å². The number of benzene rings is 1. The van der Waals surface area contributed by atoms with Crippen LogP contribution in [0, 0.1) is 21.7 Å². The number of hydrogen-bond donors (Lipinski definition) is 1. The first kappa shape index (κ1) is 16.9. The van der Waals surface area contributed by atoms with Crippen LogP contribution in [0.25, 0.3) is 0 Å². The van der Waals surface area contributed by atoms with Crippen molar-refractivity contribution >= 4 is 11.6 Å². The molecule has 116 valence electrons. The van der Waals surface area contributed by atoms with Gasteiger partial charge < -0.3 is 14.8 Å². The summed E-state index contributed by atoms with van der Waals surface area (Å²) >= 11 is 0. The number of carbonyl (C=O) groups excluding carboxylic acids is 1. The summed E-state index contributed by atoms with van der Waals surface area (Å²) in [6, 6.07) is 1.33. The van der Waals surface area contributed by atoms with Crippen molar-refractivity contribution in [3.8, 4) is 0 Å². The molecule has 0 atom stereocenters. The second-order valence-corrected chi connectivity index (χ2v) is 3.87. The topological polar surface area (TPSA) is 90.7 Å². The first-order valence-electron chi connectivity index (χ1n) is 5.96. The van der Waals surface area contributed by atoms with E-state index in [0.29, 0.717) is 25.3 Å². The first-order valence-corrected chi connectivity index (χ1v) is 5.96. The van der Waals surface area contributed by atoms with Crippen LogP contribution < -0.4 is 5.32 Å². The summed E-state index contributed by atoms with van der Waals surface area (Å²) in [7, 11) is 1.50. The van der Waals surface area contributed by atoms with Crippen molar-refractivity contribution in [2.24, 2.45) is 0 Å². The van der Waals surface area contributed by atoms with Gasteiger partial charge in [-0.15, -0.1) is 0 Å². The van der Waals surface area contributed by atoms with E-state index in [0.717, 1.165) is 0 Å². The van der Waals surface area contributed by atoms with Gasteiger partial charge in [0, 0.05) is 19.7 Å². The summed E-state index contributed by atoms with van der Waals surface area (Å²) in [5.41, 5.74) is -1.95. The molecule has 0 heterocycles. The second-order valence-electron chi connectivity index (χ2n) is 3.87. The molecule has 0 saturated carbocycles. The maximum absolute atomic E-state index is 13.7. The molecule has 0 bridgehead atoms. The molecule has 21 heavy (non-hydrogen) atoms. The van der Waals surface area contributed by atoms with E-state index in [9.17, 15) is 23.7 Å². The number of methoxy groups -OCH3 is 1. The van der Waals surface area contributed by atoms with Gasteiger partial charge in [-0.25, -0.2) is 4.39 Å². The SMILES string of the molecule is COCCOCCNC(=O)c1c(F)ccc([N+](=O)[O-])c1F. The monoisotopic (exact) mass is 304 g/mol. The maximum atomic E-state index is 13.7. The van der Waals surface area contributed by atoms with Crippen LogP contribution in [0.2, 0.25) is 0 Å². The van der Waals surface area contributed by atoms with Gasteiger partial charge in [-0.1, -0.05) is 0 Å². The quantitative estimate of drug-likeness (QED) is 0.443. The van der Waals surface area contributed by atoms with Crippen LogP contribution in [0.1, 0.15) is 10.4 Å². The van der Waals surface area contributed by atoms with Crippen molar-refractivity contribution in [3.63, 3.8) is 0 Å². The van der Waals surface area contributed by atoms with E-state index in [1.807, 2.05) is 0 Å². The standard InChI is InChI=1S/C12H14F2N2O5/c1-20-6-7-21-5-4-15-12(17)10-8(13)2-3-9(11(10)14)16(18)19/h2-3H,4-7H2,1H3,(H,15,17). The molecular weight excluding hydrogens is 290 g/mol. The minimum Gasteiger partial charge on any atom is -0.382 e. The van der Waals surface area contributed by atoms with E-state index in [4.69, 9.17) is 9.47 Å². The molecule has 1 aromatic carbocycles. The summed E-state index contributed by atoms with van der Waals surface area (Å²) < 4.78 is 36.9. The van der Waals surface area contributed by atoms with E-state index in [1.54, 1.807) is 0 Å². The lowest BCUT2D eigenvalue weighted by atomic mass is 10.1. The van der Waals surface area contributed by atoms with Crippen LogP contribution in [0.3, 0.4) is 0 Å². The third kappa shape index (κ3) is 4.72. The smallest absolute Gasteiger partial charge is 0.305 e. The Hall–Kier alpha value is -2.13. The van der Waals surface area contributed by atoms with Crippen molar-refractivity contribution in [1.29, 1.82) is 0 Å². The number of rotatable bonds is 8. The average molecular weight is 304 g/mol. The number of nitrogens with one attached hydrogen (secondary N) is 1. The largest absolute Gasteiger partial charge is 0.382 e. The van der Waals surface area contributed by atoms with Gasteiger partial charge in [0.1, 0.15) is 11.4 Å². The van der Waals surface area contributed by atoms with Gasteiger partial charge in [0.15, 0.2) is 0 Å². The summed E-state index contributed by atoms with van der Waals surface area (Å²) in [5.74, 6) is -3.75. The normalized spacial score (nSPS) is 10.4. The van der Waals surface area contributed by atoms with Gasteiger partial charge in [0.2, 0.25) is 5.82 Å². The van der Waals surface area contributed by atoms with E-state index in [2.05, 4.69) is 5.32 Å². The minimum absolute atomic E-state index is 0.00409. The highest BCUT2D eigenvalue weighted by atomic mass is 19.1. The minimum atomic E-state index is -1.50. The number of ether oxygens (including phenoxy) is 2. The molecule has 0 unspecified atom stereocenters. The van der Waals surface area contributed by atoms with Crippen molar-refractivity contribution in [1.82, 2.24) is 5.32 Å². The summed E-state index contributed by atoms with van der Waals surface area (Å²) in [6.07, 6.45) is 0. The second kappa shape index (κ2) is 8.22. The van der Waals surface area contributed by atoms with Crippen LogP contribution >= 0.6 is 0 Å². The molecule has 7 nitrogen and oxygen atoms in total. The van der Waals surface area contributed by atoms with Gasteiger partial charge in [0.25, 0.3) is 5.91 Å². The van der Waals surface area contributed by atoms with E-state index in [1.165, 1.54) is 7.11 Å². The molecule has 9 heteroatoms. The molecule has 0 aliphatic carbocycles. The number of hydrogen-bond acceptors (Lipinski definition) is 5. The molecule has 0 saturated heterocycles. The highest BCUT2D eigenvalue weighted by Crippen LogP contribution is 2.22. The number of nitro groups is 1. The van der Waals surface area contributed by atoms with Crippen molar-refractivity contribution in [2.45, 2.75) is 0 Å². The van der Waals surface area contributed by atoms with Crippen LogP contribution in [0.5, 0.6) is 0 Å². The molecule has 0 fully saturated rings. The molecule has 1 amide bonds. The van der Waals surface area contributed by atoms with Crippen LogP contribution in [0.4, 0.5) is 14.5 Å². The maximum Gasteiger partial charge on any atom is 0.305 e. The molecule has 0 spiro atoms. The molecular formula is C12H14F2N2O5. The fraction of sp³-hybridized carbons (Fsp3) is 0.417. The third-order valence-corrected chi connectivity index (χ3v) is 2.46. The van der Waals surface area contributed by atoms with Gasteiger partial charge in [-0.2, -0.15) is 4.39 Å². The average Bonchev–Trinajstić information content (AvgIpc) is 2.42. The third-order valence-electron chi connectivity index (χ3n) is 2.46. The van der Waals surface area contributed by atoms with Crippen LogP contribution in [0.15, 0.2) is 12.1 Å². The zero-order chi connectivity index (χ0) is 15.8. The fourth-order valence-corrected chi connectivity index (χ4v) is 1.46. The van der Waals surface area contributed by atoms with Gasteiger partial charge in [-0.3, -0.25) is 14.9 Å². The van der Waals surface area contributed by atoms with Gasteiger partial charge in [-0.05, 0) is 6.07 Å². The highest BCUT2D eigenvalue weighted by molar-refractivity contribution is 5.95. The number of halogens is 2. The summed E-state index contributed by atoms with van der Waals surface area (Å²) in [4.78, 5) is 21.2. The zero-order valence-corrected chi connectivity index (χ0v) is 11.2. The van der Waals surface area contributed by atoms with Crippen LogP contribution in [-0.4, -0.2) is 44.3 Å². The zero-order valence-electron chi connectivity index (χ0n) is 11.2. The predicted octanol–water partition coefficient (Wildman–Crippen LogP) is 1.27. The number of nitro benzene ring substituents is 1. The Kier molecular flexibility index (Phi) is 6.63. The Bertz CT molecular complexity index is 525. The Morgan fingerprint density at radius 1 is 1.33 bits per heavy atom. The van der Waals surface area contributed by atoms with E-state index in [-0.39, 0.29) is 13.2 Å². The van der Waals surface area contributed by atoms with Crippen molar-refractivity contribution < 1.29 is 28.0 Å². The molecule has 0 aromatic heterocycles. The lowest BCUT2D eigenvalue weighted by molar-refractivity contribution is -0.387. The van der Waals surface area contributed by atoms with E-state index >= 15 is 0 Å². The highest BCUT2D eigenvalue weighted by Gasteiger charge is 2.25. The summed E-state index contributed by atoms with van der Waals surface area (Å²) in [6.45, 7) is 0.811. The first-order chi connectivity index (χ1) is 9.99. The van der Waals surface area contributed by atoms with Crippen LogP contribution in [-0.2, 0) is 9.47 Å². The van der Waals surface area contributed by atoms with Gasteiger partial charge in [0.05, 0.1) is 24.7 Å². The lowest BCUT2D eigenvalue weighted by Gasteiger charge is -2.08. The fourth-order valence-electron chi connectivity index (χ4n) is 1.46. The summed E-state index contributed by atoms with van der Waals surface area (Å²) in [5, 5.41) is 12.8. The molecule has 0 radical (unpaired) electrons. The Morgan fingerprint density at radius 2 is 2.05 bits per heavy atom. The molecule has 1 rings (SSSR count). The lowest BCUT2D eigenvalue weighted by Crippen LogP contribution is -2.29.